The summed E-state index contributed by atoms with van der Waals surface area (Å²) in [6.07, 6.45) is 3.54. The van der Waals surface area contributed by atoms with Crippen LogP contribution in [0.4, 0.5) is 10.9 Å². The first-order chi connectivity index (χ1) is 12.6. The van der Waals surface area contributed by atoms with E-state index in [9.17, 15) is 0 Å². The molecule has 0 radical (unpaired) electrons. The first-order valence-electron chi connectivity index (χ1n) is 8.02. The Morgan fingerprint density at radius 3 is 2.62 bits per heavy atom. The number of thiazole rings is 1. The Hall–Kier alpha value is -3.19. The van der Waals surface area contributed by atoms with Crippen LogP contribution in [0.2, 0.25) is 0 Å². The van der Waals surface area contributed by atoms with Gasteiger partial charge in [0.2, 0.25) is 0 Å². The third kappa shape index (κ3) is 3.29. The molecule has 7 heteroatoms. The van der Waals surface area contributed by atoms with Crippen molar-refractivity contribution in [3.8, 4) is 22.8 Å². The van der Waals surface area contributed by atoms with Crippen LogP contribution in [0.15, 0.2) is 54.9 Å². The number of ether oxygens (including phenoxy) is 1. The molecule has 0 aliphatic heterocycles. The van der Waals surface area contributed by atoms with E-state index in [1.165, 1.54) is 11.3 Å². The van der Waals surface area contributed by atoms with Crippen LogP contribution in [-0.4, -0.2) is 29.0 Å². The second-order valence-corrected chi connectivity index (χ2v) is 7.02. The number of anilines is 2. The van der Waals surface area contributed by atoms with Crippen LogP contribution in [0.25, 0.3) is 21.5 Å². The summed E-state index contributed by atoms with van der Waals surface area (Å²) < 4.78 is 6.99. The largest absolute Gasteiger partial charge is 0.457 e. The van der Waals surface area contributed by atoms with Crippen molar-refractivity contribution in [1.82, 2.24) is 15.0 Å². The molecule has 4 aromatic rings. The van der Waals surface area contributed by atoms with E-state index in [1.807, 2.05) is 67.7 Å². The van der Waals surface area contributed by atoms with Crippen molar-refractivity contribution in [3.05, 3.63) is 54.9 Å². The quantitative estimate of drug-likeness (QED) is 0.586. The molecule has 26 heavy (non-hydrogen) atoms. The fourth-order valence-corrected chi connectivity index (χ4v) is 3.32. The molecule has 3 aromatic heterocycles. The number of hydrogen-bond donors (Lipinski definition) is 1. The molecule has 130 valence electrons. The minimum Gasteiger partial charge on any atom is -0.457 e. The summed E-state index contributed by atoms with van der Waals surface area (Å²) in [5.41, 5.74) is 8.38. The average Bonchev–Trinajstić information content (AvgIpc) is 3.01. The maximum absolute atomic E-state index is 5.99. The van der Waals surface area contributed by atoms with Gasteiger partial charge >= 0.3 is 0 Å². The summed E-state index contributed by atoms with van der Waals surface area (Å²) in [5, 5.41) is 0.553. The van der Waals surface area contributed by atoms with Crippen molar-refractivity contribution in [1.29, 1.82) is 0 Å². The number of pyridine rings is 2. The lowest BCUT2D eigenvalue weighted by atomic mass is 10.2. The Morgan fingerprint density at radius 2 is 1.85 bits per heavy atom. The molecule has 0 saturated carbocycles. The van der Waals surface area contributed by atoms with E-state index in [2.05, 4.69) is 15.0 Å². The van der Waals surface area contributed by atoms with Gasteiger partial charge in [0, 0.05) is 44.2 Å². The van der Waals surface area contributed by atoms with Gasteiger partial charge in [-0.2, -0.15) is 0 Å². The predicted molar refractivity (Wildman–Crippen MR) is 106 cm³/mol. The van der Waals surface area contributed by atoms with Crippen LogP contribution in [0, 0.1) is 0 Å². The smallest absolute Gasteiger partial charge is 0.181 e. The van der Waals surface area contributed by atoms with E-state index < -0.39 is 0 Å². The Labute approximate surface area is 154 Å². The van der Waals surface area contributed by atoms with Gasteiger partial charge in [-0.1, -0.05) is 11.3 Å². The summed E-state index contributed by atoms with van der Waals surface area (Å²) in [4.78, 5) is 15.1. The van der Waals surface area contributed by atoms with E-state index in [0.717, 1.165) is 33.0 Å². The number of nitrogens with zero attached hydrogens (tertiary/aromatic N) is 4. The molecule has 0 bridgehead atoms. The number of nitrogens with two attached hydrogens (primary N) is 1. The highest BCUT2D eigenvalue weighted by Gasteiger charge is 2.07. The third-order valence-corrected chi connectivity index (χ3v) is 4.69. The second kappa shape index (κ2) is 6.61. The van der Waals surface area contributed by atoms with E-state index in [1.54, 1.807) is 6.20 Å². The topological polar surface area (TPSA) is 77.2 Å². The average molecular weight is 363 g/mol. The predicted octanol–water partition coefficient (Wildman–Crippen LogP) is 4.19. The van der Waals surface area contributed by atoms with E-state index >= 15 is 0 Å². The number of aromatic nitrogens is 3. The normalized spacial score (nSPS) is 10.8. The van der Waals surface area contributed by atoms with Crippen molar-refractivity contribution in [2.45, 2.75) is 0 Å². The lowest BCUT2D eigenvalue weighted by molar-refractivity contribution is 0.483. The molecular weight excluding hydrogens is 346 g/mol. The molecule has 0 aliphatic carbocycles. The lowest BCUT2D eigenvalue weighted by Gasteiger charge is -2.11. The Balaban J connectivity index is 1.60. The van der Waals surface area contributed by atoms with Gasteiger partial charge in [0.1, 0.15) is 17.3 Å². The van der Waals surface area contributed by atoms with Gasteiger partial charge in [-0.15, -0.1) is 0 Å². The van der Waals surface area contributed by atoms with Gasteiger partial charge in [0.15, 0.2) is 5.13 Å². The lowest BCUT2D eigenvalue weighted by Crippen LogP contribution is -2.10. The fourth-order valence-electron chi connectivity index (χ4n) is 2.56. The van der Waals surface area contributed by atoms with Gasteiger partial charge in [-0.3, -0.25) is 4.98 Å². The Bertz CT molecular complexity index is 1060. The molecule has 0 spiro atoms. The maximum atomic E-state index is 5.99. The Morgan fingerprint density at radius 1 is 1.00 bits per heavy atom. The first kappa shape index (κ1) is 16.3. The molecular formula is C19H17N5OS. The summed E-state index contributed by atoms with van der Waals surface area (Å²) in [6.45, 7) is 0. The zero-order valence-corrected chi connectivity index (χ0v) is 15.2. The number of nitrogen functional groups attached to an aromatic ring is 1. The van der Waals surface area contributed by atoms with Crippen LogP contribution in [0.3, 0.4) is 0 Å². The molecule has 4 rings (SSSR count). The minimum absolute atomic E-state index is 0.553. The number of hydrogen-bond acceptors (Lipinski definition) is 7. The summed E-state index contributed by atoms with van der Waals surface area (Å²) >= 11 is 1.44. The molecule has 0 unspecified atom stereocenters. The monoisotopic (exact) mass is 363 g/mol. The number of rotatable bonds is 4. The highest BCUT2D eigenvalue weighted by molar-refractivity contribution is 7.22. The van der Waals surface area contributed by atoms with Gasteiger partial charge in [0.05, 0.1) is 15.9 Å². The maximum Gasteiger partial charge on any atom is 0.181 e. The van der Waals surface area contributed by atoms with Crippen molar-refractivity contribution in [3.63, 3.8) is 0 Å². The van der Waals surface area contributed by atoms with Crippen molar-refractivity contribution in [2.24, 2.45) is 0 Å². The molecule has 0 saturated heterocycles. The second-order valence-electron chi connectivity index (χ2n) is 5.96. The zero-order valence-electron chi connectivity index (χ0n) is 14.4. The number of benzene rings is 1. The van der Waals surface area contributed by atoms with Crippen LogP contribution < -0.4 is 15.4 Å². The SMILES string of the molecule is CN(C)c1ccc(-c2cc(Oc3ccc4nc(N)sc4c3)ccn2)cn1. The molecule has 0 fully saturated rings. The highest BCUT2D eigenvalue weighted by Crippen LogP contribution is 2.31. The van der Waals surface area contributed by atoms with Gasteiger partial charge < -0.3 is 15.4 Å². The van der Waals surface area contributed by atoms with E-state index in [-0.39, 0.29) is 0 Å². The fraction of sp³-hybridized carbons (Fsp3) is 0.105. The van der Waals surface area contributed by atoms with Crippen LogP contribution in [-0.2, 0) is 0 Å². The van der Waals surface area contributed by atoms with Gasteiger partial charge in [-0.25, -0.2) is 9.97 Å². The molecule has 0 amide bonds. The van der Waals surface area contributed by atoms with Gasteiger partial charge in [0.25, 0.3) is 0 Å². The van der Waals surface area contributed by atoms with E-state index in [4.69, 9.17) is 10.5 Å². The van der Waals surface area contributed by atoms with Crippen LogP contribution in [0.5, 0.6) is 11.5 Å². The summed E-state index contributed by atoms with van der Waals surface area (Å²) in [6, 6.07) is 13.4. The molecule has 0 atom stereocenters. The third-order valence-electron chi connectivity index (χ3n) is 3.85. The van der Waals surface area contributed by atoms with Crippen molar-refractivity contribution < 1.29 is 4.74 Å². The first-order valence-corrected chi connectivity index (χ1v) is 8.84. The molecule has 0 aliphatic rings. The molecule has 1 aromatic carbocycles. The summed E-state index contributed by atoms with van der Waals surface area (Å²) in [7, 11) is 3.92. The summed E-state index contributed by atoms with van der Waals surface area (Å²) in [5.74, 6) is 2.35. The Kier molecular flexibility index (Phi) is 4.14. The highest BCUT2D eigenvalue weighted by atomic mass is 32.1. The van der Waals surface area contributed by atoms with E-state index in [0.29, 0.717) is 10.9 Å². The minimum atomic E-state index is 0.553. The molecule has 2 N–H and O–H groups in total. The van der Waals surface area contributed by atoms with Crippen molar-refractivity contribution in [2.75, 3.05) is 24.7 Å². The van der Waals surface area contributed by atoms with Gasteiger partial charge in [-0.05, 0) is 30.3 Å². The van der Waals surface area contributed by atoms with Crippen LogP contribution >= 0.6 is 11.3 Å². The zero-order chi connectivity index (χ0) is 18.1. The van der Waals surface area contributed by atoms with Crippen LogP contribution in [0.1, 0.15) is 0 Å². The van der Waals surface area contributed by atoms with Crippen molar-refractivity contribution >= 4 is 32.5 Å². The molecule has 6 nitrogen and oxygen atoms in total. The standard InChI is InChI=1S/C19H17N5OS/c1-24(2)18-6-3-12(11-22-18)16-9-14(7-8-21-16)25-13-4-5-15-17(10-13)26-19(20)23-15/h3-11H,1-2H3,(H2,20,23). The molecule has 3 heterocycles. The number of fused-ring (bicyclic) bond motifs is 1.